The molecular weight excluding hydrogens is 405 g/mol. The molecule has 1 amide bonds. The lowest BCUT2D eigenvalue weighted by Crippen LogP contribution is -2.43. The fraction of sp³-hybridized carbons (Fsp3) is 0.364. The number of anilines is 1. The van der Waals surface area contributed by atoms with Crippen molar-refractivity contribution in [2.24, 2.45) is 0 Å². The number of nitrogens with zero attached hydrogens (tertiary/aromatic N) is 3. The Labute approximate surface area is 178 Å². The van der Waals surface area contributed by atoms with Crippen molar-refractivity contribution in [1.82, 2.24) is 9.88 Å². The van der Waals surface area contributed by atoms with Gasteiger partial charge in [0.1, 0.15) is 11.6 Å². The molecule has 1 aliphatic rings. The van der Waals surface area contributed by atoms with E-state index in [-0.39, 0.29) is 11.7 Å². The Morgan fingerprint density at radius 3 is 2.73 bits per heavy atom. The van der Waals surface area contributed by atoms with E-state index in [2.05, 4.69) is 9.88 Å². The number of rotatable bonds is 7. The van der Waals surface area contributed by atoms with Crippen molar-refractivity contribution in [3.05, 3.63) is 53.8 Å². The molecule has 4 rings (SSSR count). The van der Waals surface area contributed by atoms with Crippen LogP contribution >= 0.6 is 11.3 Å². The van der Waals surface area contributed by atoms with Crippen LogP contribution in [0.5, 0.6) is 5.75 Å². The van der Waals surface area contributed by atoms with E-state index in [0.29, 0.717) is 42.6 Å². The SMILES string of the molecule is CCOc1ccc(C(=O)N(CCN2CCOCC2)c2nc3ccc(F)cc3s2)cc1. The van der Waals surface area contributed by atoms with Gasteiger partial charge in [0.25, 0.3) is 5.91 Å². The summed E-state index contributed by atoms with van der Waals surface area (Å²) in [6, 6.07) is 11.6. The Balaban J connectivity index is 1.60. The molecule has 1 saturated heterocycles. The smallest absolute Gasteiger partial charge is 0.260 e. The Morgan fingerprint density at radius 2 is 2.00 bits per heavy atom. The number of thiazole rings is 1. The highest BCUT2D eigenvalue weighted by molar-refractivity contribution is 7.22. The fourth-order valence-corrected chi connectivity index (χ4v) is 4.38. The number of carbonyl (C=O) groups excluding carboxylic acids is 1. The van der Waals surface area contributed by atoms with Crippen LogP contribution in [0, 0.1) is 5.82 Å². The van der Waals surface area contributed by atoms with Gasteiger partial charge in [0, 0.05) is 31.7 Å². The lowest BCUT2D eigenvalue weighted by Gasteiger charge is -2.29. The van der Waals surface area contributed by atoms with Gasteiger partial charge in [-0.2, -0.15) is 0 Å². The number of benzene rings is 2. The molecule has 2 heterocycles. The van der Waals surface area contributed by atoms with Crippen LogP contribution in [-0.2, 0) is 4.74 Å². The molecule has 1 fully saturated rings. The van der Waals surface area contributed by atoms with Gasteiger partial charge in [-0.05, 0) is 49.4 Å². The van der Waals surface area contributed by atoms with Crippen LogP contribution in [0.25, 0.3) is 10.2 Å². The van der Waals surface area contributed by atoms with Crippen molar-refractivity contribution in [2.45, 2.75) is 6.92 Å². The molecule has 0 atom stereocenters. The number of carbonyl (C=O) groups is 1. The largest absolute Gasteiger partial charge is 0.494 e. The highest BCUT2D eigenvalue weighted by Crippen LogP contribution is 2.30. The second-order valence-corrected chi connectivity index (χ2v) is 7.99. The molecule has 1 aliphatic heterocycles. The maximum absolute atomic E-state index is 13.6. The highest BCUT2D eigenvalue weighted by Gasteiger charge is 2.23. The lowest BCUT2D eigenvalue weighted by atomic mass is 10.2. The first-order chi connectivity index (χ1) is 14.6. The molecule has 0 spiro atoms. The van der Waals surface area contributed by atoms with Crippen molar-refractivity contribution in [3.63, 3.8) is 0 Å². The third-order valence-electron chi connectivity index (χ3n) is 4.97. The molecular formula is C22H24FN3O3S. The molecule has 2 aromatic carbocycles. The predicted octanol–water partition coefficient (Wildman–Crippen LogP) is 3.81. The second-order valence-electron chi connectivity index (χ2n) is 6.98. The van der Waals surface area contributed by atoms with Crippen LogP contribution in [0.1, 0.15) is 17.3 Å². The molecule has 0 unspecified atom stereocenters. The van der Waals surface area contributed by atoms with E-state index in [0.717, 1.165) is 30.1 Å². The number of ether oxygens (including phenoxy) is 2. The predicted molar refractivity (Wildman–Crippen MR) is 116 cm³/mol. The topological polar surface area (TPSA) is 54.9 Å². The van der Waals surface area contributed by atoms with E-state index < -0.39 is 0 Å². The van der Waals surface area contributed by atoms with E-state index in [1.54, 1.807) is 35.2 Å². The van der Waals surface area contributed by atoms with E-state index in [4.69, 9.17) is 9.47 Å². The van der Waals surface area contributed by atoms with Gasteiger partial charge in [-0.25, -0.2) is 9.37 Å². The quantitative estimate of drug-likeness (QED) is 0.572. The number of hydrogen-bond donors (Lipinski definition) is 0. The summed E-state index contributed by atoms with van der Waals surface area (Å²) in [7, 11) is 0. The first kappa shape index (κ1) is 20.7. The minimum atomic E-state index is -0.310. The summed E-state index contributed by atoms with van der Waals surface area (Å²) >= 11 is 1.33. The second kappa shape index (κ2) is 9.51. The van der Waals surface area contributed by atoms with E-state index in [1.807, 2.05) is 6.92 Å². The summed E-state index contributed by atoms with van der Waals surface area (Å²) in [6.45, 7) is 6.79. The van der Waals surface area contributed by atoms with Gasteiger partial charge in [-0.3, -0.25) is 14.6 Å². The number of hydrogen-bond acceptors (Lipinski definition) is 6. The average molecular weight is 430 g/mol. The van der Waals surface area contributed by atoms with Crippen molar-refractivity contribution >= 4 is 32.6 Å². The molecule has 6 nitrogen and oxygen atoms in total. The normalized spacial score (nSPS) is 14.7. The third-order valence-corrected chi connectivity index (χ3v) is 6.01. The van der Waals surface area contributed by atoms with Crippen LogP contribution in [0.15, 0.2) is 42.5 Å². The Kier molecular flexibility index (Phi) is 6.56. The lowest BCUT2D eigenvalue weighted by molar-refractivity contribution is 0.0391. The molecule has 0 saturated carbocycles. The first-order valence-corrected chi connectivity index (χ1v) is 10.9. The van der Waals surface area contributed by atoms with Gasteiger partial charge in [0.2, 0.25) is 0 Å². The maximum atomic E-state index is 13.6. The summed E-state index contributed by atoms with van der Waals surface area (Å²) in [5.74, 6) is 0.283. The molecule has 0 radical (unpaired) electrons. The maximum Gasteiger partial charge on any atom is 0.260 e. The standard InChI is InChI=1S/C22H24FN3O3S/c1-2-29-18-6-3-16(4-7-18)21(27)26(10-9-25-11-13-28-14-12-25)22-24-19-8-5-17(23)15-20(19)30-22/h3-8,15H,2,9-14H2,1H3. The zero-order chi connectivity index (χ0) is 20.9. The van der Waals surface area contributed by atoms with E-state index in [9.17, 15) is 9.18 Å². The molecule has 0 bridgehead atoms. The number of morpholine rings is 1. The Morgan fingerprint density at radius 1 is 1.23 bits per heavy atom. The zero-order valence-electron chi connectivity index (χ0n) is 16.8. The summed E-state index contributed by atoms with van der Waals surface area (Å²) in [6.07, 6.45) is 0. The Bertz CT molecular complexity index is 1000. The average Bonchev–Trinajstić information content (AvgIpc) is 3.18. The fourth-order valence-electron chi connectivity index (χ4n) is 3.37. The molecule has 1 aromatic heterocycles. The van der Waals surface area contributed by atoms with Crippen molar-refractivity contribution in [3.8, 4) is 5.75 Å². The van der Waals surface area contributed by atoms with Crippen molar-refractivity contribution in [2.75, 3.05) is 50.9 Å². The molecule has 158 valence electrons. The molecule has 3 aromatic rings. The highest BCUT2D eigenvalue weighted by atomic mass is 32.1. The summed E-state index contributed by atoms with van der Waals surface area (Å²) in [5.41, 5.74) is 1.25. The Hall–Kier alpha value is -2.55. The van der Waals surface area contributed by atoms with Gasteiger partial charge in [-0.15, -0.1) is 0 Å². The summed E-state index contributed by atoms with van der Waals surface area (Å²) < 4.78 is 25.2. The molecule has 8 heteroatoms. The van der Waals surface area contributed by atoms with Gasteiger partial charge in [0.05, 0.1) is 30.0 Å². The molecule has 30 heavy (non-hydrogen) atoms. The number of fused-ring (bicyclic) bond motifs is 1. The third kappa shape index (κ3) is 4.77. The van der Waals surface area contributed by atoms with Gasteiger partial charge < -0.3 is 9.47 Å². The molecule has 0 aliphatic carbocycles. The minimum absolute atomic E-state index is 0.133. The van der Waals surface area contributed by atoms with E-state index >= 15 is 0 Å². The monoisotopic (exact) mass is 429 g/mol. The minimum Gasteiger partial charge on any atom is -0.494 e. The number of halogens is 1. The van der Waals surface area contributed by atoms with Crippen molar-refractivity contribution in [1.29, 1.82) is 0 Å². The van der Waals surface area contributed by atoms with Crippen LogP contribution in [0.3, 0.4) is 0 Å². The zero-order valence-corrected chi connectivity index (χ0v) is 17.7. The van der Waals surface area contributed by atoms with Gasteiger partial charge in [0.15, 0.2) is 5.13 Å². The van der Waals surface area contributed by atoms with Gasteiger partial charge >= 0.3 is 0 Å². The van der Waals surface area contributed by atoms with Crippen LogP contribution in [0.4, 0.5) is 9.52 Å². The molecule has 0 N–H and O–H groups in total. The number of amides is 1. The summed E-state index contributed by atoms with van der Waals surface area (Å²) in [4.78, 5) is 21.9. The van der Waals surface area contributed by atoms with Crippen LogP contribution < -0.4 is 9.64 Å². The first-order valence-electron chi connectivity index (χ1n) is 10.0. The van der Waals surface area contributed by atoms with E-state index in [1.165, 1.54) is 23.5 Å². The van der Waals surface area contributed by atoms with Crippen molar-refractivity contribution < 1.29 is 18.7 Å². The summed E-state index contributed by atoms with van der Waals surface area (Å²) in [5, 5.41) is 0.572. The van der Waals surface area contributed by atoms with Gasteiger partial charge in [-0.1, -0.05) is 11.3 Å². The number of aromatic nitrogens is 1. The van der Waals surface area contributed by atoms with Crippen LogP contribution in [0.2, 0.25) is 0 Å². The van der Waals surface area contributed by atoms with Crippen LogP contribution in [-0.4, -0.2) is 61.8 Å².